The smallest absolute Gasteiger partial charge is 0.339 e. The van der Waals surface area contributed by atoms with Gasteiger partial charge in [-0.05, 0) is 26.3 Å². The third-order valence-electron chi connectivity index (χ3n) is 3.44. The summed E-state index contributed by atoms with van der Waals surface area (Å²) in [6, 6.07) is 3.44. The molecule has 3 aromatic rings. The van der Waals surface area contributed by atoms with Gasteiger partial charge in [0, 0.05) is 18.5 Å². The van der Waals surface area contributed by atoms with E-state index in [2.05, 4.69) is 9.97 Å². The summed E-state index contributed by atoms with van der Waals surface area (Å²) in [6.45, 7) is 6.77. The fraction of sp³-hybridized carbons (Fsp3) is 0.353. The summed E-state index contributed by atoms with van der Waals surface area (Å²) in [5.74, 6) is 1.28. The van der Waals surface area contributed by atoms with Crippen LogP contribution in [0.25, 0.3) is 11.5 Å². The van der Waals surface area contributed by atoms with Crippen LogP contribution in [0.5, 0.6) is 11.5 Å². The molecule has 0 saturated heterocycles. The van der Waals surface area contributed by atoms with E-state index in [1.807, 2.05) is 20.8 Å². The van der Waals surface area contributed by atoms with Crippen molar-refractivity contribution in [1.82, 2.24) is 18.9 Å². The van der Waals surface area contributed by atoms with Gasteiger partial charge in [-0.1, -0.05) is 6.92 Å². The molecule has 0 aliphatic heterocycles. The zero-order chi connectivity index (χ0) is 18.5. The lowest BCUT2D eigenvalue weighted by molar-refractivity contribution is 0.314. The second-order valence-electron chi connectivity index (χ2n) is 5.48. The fourth-order valence-corrected chi connectivity index (χ4v) is 2.68. The molecule has 0 amide bonds. The number of aryl methyl sites for hydroxylation is 1. The summed E-state index contributed by atoms with van der Waals surface area (Å²) in [5, 5.41) is 0. The van der Waals surface area contributed by atoms with Crippen molar-refractivity contribution in [3.63, 3.8) is 0 Å². The molecule has 0 aliphatic rings. The molecule has 0 fully saturated rings. The second-order valence-corrected chi connectivity index (χ2v) is 6.02. The highest BCUT2D eigenvalue weighted by atomic mass is 32.2. The molecule has 8 nitrogen and oxygen atoms in total. The number of ether oxygens (including phenoxy) is 1. The summed E-state index contributed by atoms with van der Waals surface area (Å²) in [7, 11) is 0. The number of rotatable bonds is 8. The highest BCUT2D eigenvalue weighted by Gasteiger charge is 2.15. The van der Waals surface area contributed by atoms with Crippen LogP contribution in [0.3, 0.4) is 0 Å². The molecule has 0 aliphatic carbocycles. The van der Waals surface area contributed by atoms with E-state index in [1.54, 1.807) is 30.7 Å². The second kappa shape index (κ2) is 8.24. The van der Waals surface area contributed by atoms with Gasteiger partial charge in [-0.25, -0.2) is 19.3 Å². The van der Waals surface area contributed by atoms with Crippen molar-refractivity contribution >= 4 is 18.0 Å². The molecular weight excluding hydrogens is 356 g/mol. The number of pyridine rings is 1. The van der Waals surface area contributed by atoms with Crippen LogP contribution in [-0.2, 0) is 4.18 Å². The fourth-order valence-electron chi connectivity index (χ4n) is 2.34. The van der Waals surface area contributed by atoms with Crippen LogP contribution in [0.15, 0.2) is 35.5 Å². The number of imidazole rings is 1. The molecule has 0 spiro atoms. The predicted molar refractivity (Wildman–Crippen MR) is 99.0 cm³/mol. The zero-order valence-electron chi connectivity index (χ0n) is 14.8. The standard InChI is InChI=1S/C17H20N4O4S/c1-4-8-23-13-9-14(25-26-24-5-2)16(18-10-13)20-7-6-15-19-12(3)11-21(15)17(20)22/h6-7,9-11H,4-5,8H2,1-3H3. The molecule has 0 N–H and O–H groups in total. The van der Waals surface area contributed by atoms with E-state index in [1.165, 1.54) is 8.97 Å². The van der Waals surface area contributed by atoms with E-state index in [0.29, 0.717) is 36.2 Å². The van der Waals surface area contributed by atoms with Gasteiger partial charge >= 0.3 is 5.69 Å². The number of fused-ring (bicyclic) bond motifs is 1. The van der Waals surface area contributed by atoms with E-state index in [4.69, 9.17) is 13.1 Å². The van der Waals surface area contributed by atoms with Crippen LogP contribution in [0, 0.1) is 6.92 Å². The average Bonchev–Trinajstić information content (AvgIpc) is 3.02. The highest BCUT2D eigenvalue weighted by Crippen LogP contribution is 2.28. The Hall–Kier alpha value is -2.52. The molecule has 3 rings (SSSR count). The van der Waals surface area contributed by atoms with Crippen LogP contribution in [0.4, 0.5) is 0 Å². The van der Waals surface area contributed by atoms with Crippen molar-refractivity contribution in [3.8, 4) is 17.3 Å². The maximum Gasteiger partial charge on any atom is 0.339 e. The lowest BCUT2D eigenvalue weighted by Gasteiger charge is -2.12. The summed E-state index contributed by atoms with van der Waals surface area (Å²) in [4.78, 5) is 21.5. The van der Waals surface area contributed by atoms with Gasteiger partial charge in [-0.15, -0.1) is 0 Å². The molecule has 138 valence electrons. The van der Waals surface area contributed by atoms with Crippen molar-refractivity contribution in [2.75, 3.05) is 13.2 Å². The zero-order valence-corrected chi connectivity index (χ0v) is 15.7. The Labute approximate surface area is 155 Å². The Morgan fingerprint density at radius 3 is 2.92 bits per heavy atom. The van der Waals surface area contributed by atoms with Crippen molar-refractivity contribution in [1.29, 1.82) is 0 Å². The van der Waals surface area contributed by atoms with Crippen LogP contribution < -0.4 is 14.6 Å². The lowest BCUT2D eigenvalue weighted by Crippen LogP contribution is -2.25. The van der Waals surface area contributed by atoms with Gasteiger partial charge in [-0.3, -0.25) is 8.58 Å². The predicted octanol–water partition coefficient (Wildman–Crippen LogP) is 2.96. The largest absolute Gasteiger partial charge is 0.492 e. The average molecular weight is 376 g/mol. The molecule has 3 aromatic heterocycles. The summed E-state index contributed by atoms with van der Waals surface area (Å²) < 4.78 is 19.2. The summed E-state index contributed by atoms with van der Waals surface area (Å²) in [6.07, 6.45) is 5.75. The molecule has 9 heteroatoms. The number of nitrogens with zero attached hydrogens (tertiary/aromatic N) is 4. The summed E-state index contributed by atoms with van der Waals surface area (Å²) >= 11 is 0.831. The minimum atomic E-state index is -0.288. The maximum atomic E-state index is 12.8. The Bertz CT molecular complexity index is 954. The van der Waals surface area contributed by atoms with Crippen molar-refractivity contribution in [3.05, 3.63) is 46.9 Å². The van der Waals surface area contributed by atoms with Crippen molar-refractivity contribution < 1.29 is 13.1 Å². The number of hydrogen-bond donors (Lipinski definition) is 0. The number of aromatic nitrogens is 4. The molecule has 0 radical (unpaired) electrons. The van der Waals surface area contributed by atoms with Gasteiger partial charge in [0.25, 0.3) is 0 Å². The van der Waals surface area contributed by atoms with Crippen LogP contribution in [0.2, 0.25) is 0 Å². The van der Waals surface area contributed by atoms with Gasteiger partial charge in [0.2, 0.25) is 12.3 Å². The van der Waals surface area contributed by atoms with Gasteiger partial charge in [0.1, 0.15) is 11.4 Å². The van der Waals surface area contributed by atoms with Crippen molar-refractivity contribution in [2.24, 2.45) is 0 Å². The molecule has 26 heavy (non-hydrogen) atoms. The molecule has 0 atom stereocenters. The monoisotopic (exact) mass is 376 g/mol. The van der Waals surface area contributed by atoms with Crippen molar-refractivity contribution in [2.45, 2.75) is 27.2 Å². The maximum absolute atomic E-state index is 12.8. The SMILES string of the molecule is CCCOc1cnc(-n2ccc3nc(C)cn3c2=O)c(OSOCC)c1. The topological polar surface area (TPSA) is 79.9 Å². The normalized spacial score (nSPS) is 11.0. The first-order valence-electron chi connectivity index (χ1n) is 8.30. The van der Waals surface area contributed by atoms with Gasteiger partial charge in [-0.2, -0.15) is 0 Å². The van der Waals surface area contributed by atoms with Gasteiger partial charge in [0.15, 0.2) is 11.6 Å². The summed E-state index contributed by atoms with van der Waals surface area (Å²) in [5.41, 5.74) is 1.06. The lowest BCUT2D eigenvalue weighted by atomic mass is 10.4. The molecule has 0 saturated carbocycles. The van der Waals surface area contributed by atoms with E-state index >= 15 is 0 Å². The molecular formula is C17H20N4O4S. The highest BCUT2D eigenvalue weighted by molar-refractivity contribution is 7.90. The van der Waals surface area contributed by atoms with Crippen LogP contribution in [0.1, 0.15) is 26.0 Å². The molecule has 0 bridgehead atoms. The van der Waals surface area contributed by atoms with E-state index in [-0.39, 0.29) is 5.69 Å². The Balaban J connectivity index is 2.04. The van der Waals surface area contributed by atoms with Gasteiger partial charge < -0.3 is 8.92 Å². The minimum absolute atomic E-state index is 0.288. The van der Waals surface area contributed by atoms with Gasteiger partial charge in [0.05, 0.1) is 25.1 Å². The first-order chi connectivity index (χ1) is 12.6. The first kappa shape index (κ1) is 18.3. The van der Waals surface area contributed by atoms with E-state index in [0.717, 1.165) is 24.4 Å². The number of hydrogen-bond acceptors (Lipinski definition) is 7. The Morgan fingerprint density at radius 1 is 1.31 bits per heavy atom. The molecule has 0 aromatic carbocycles. The van der Waals surface area contributed by atoms with Crippen LogP contribution >= 0.6 is 12.3 Å². The quantitative estimate of drug-likeness (QED) is 0.442. The van der Waals surface area contributed by atoms with E-state index in [9.17, 15) is 4.79 Å². The van der Waals surface area contributed by atoms with E-state index < -0.39 is 0 Å². The Morgan fingerprint density at radius 2 is 2.15 bits per heavy atom. The first-order valence-corrected chi connectivity index (χ1v) is 8.97. The molecule has 3 heterocycles. The molecule has 0 unspecified atom stereocenters. The third kappa shape index (κ3) is 3.83. The third-order valence-corrected chi connectivity index (χ3v) is 4.02. The Kier molecular flexibility index (Phi) is 5.79. The minimum Gasteiger partial charge on any atom is -0.492 e. The van der Waals surface area contributed by atoms with Crippen LogP contribution in [-0.4, -0.2) is 32.1 Å².